The summed E-state index contributed by atoms with van der Waals surface area (Å²) in [4.78, 5) is 0. The Hall–Kier alpha value is -0.900. The van der Waals surface area contributed by atoms with E-state index in [1.807, 2.05) is 24.3 Å². The number of hydrogen-bond acceptors (Lipinski definition) is 3. The first-order chi connectivity index (χ1) is 8.38. The Morgan fingerprint density at radius 2 is 1.94 bits per heavy atom. The van der Waals surface area contributed by atoms with Crippen molar-refractivity contribution in [3.8, 4) is 0 Å². The van der Waals surface area contributed by atoms with Gasteiger partial charge in [0.15, 0.2) is 0 Å². The van der Waals surface area contributed by atoms with Crippen LogP contribution in [0.1, 0.15) is 30.4 Å². The van der Waals surface area contributed by atoms with Crippen LogP contribution in [0.15, 0.2) is 24.3 Å². The molecular weight excluding hydrogens is 214 g/mol. The first-order valence-corrected chi connectivity index (χ1v) is 6.38. The maximum atomic E-state index is 8.94. The molecule has 17 heavy (non-hydrogen) atoms. The first-order valence-electron chi connectivity index (χ1n) is 6.38. The summed E-state index contributed by atoms with van der Waals surface area (Å²) < 4.78 is 5.71. The molecule has 94 valence electrons. The van der Waals surface area contributed by atoms with Crippen molar-refractivity contribution in [1.82, 2.24) is 5.32 Å². The van der Waals surface area contributed by atoms with E-state index in [9.17, 15) is 0 Å². The molecule has 1 aliphatic rings. The van der Waals surface area contributed by atoms with Crippen molar-refractivity contribution in [2.45, 2.75) is 38.5 Å². The van der Waals surface area contributed by atoms with Gasteiger partial charge in [0, 0.05) is 6.04 Å². The SMILES string of the molecule is OCc1ccc(COCC2CCCCN2)cc1. The van der Waals surface area contributed by atoms with Crippen LogP contribution >= 0.6 is 0 Å². The number of nitrogens with one attached hydrogen (secondary N) is 1. The minimum Gasteiger partial charge on any atom is -0.392 e. The lowest BCUT2D eigenvalue weighted by atomic mass is 10.1. The van der Waals surface area contributed by atoms with E-state index in [1.54, 1.807) is 0 Å². The lowest BCUT2D eigenvalue weighted by molar-refractivity contribution is 0.0911. The molecule has 1 aromatic rings. The molecule has 0 amide bonds. The molecular formula is C14H21NO2. The largest absolute Gasteiger partial charge is 0.392 e. The molecule has 0 spiro atoms. The fraction of sp³-hybridized carbons (Fsp3) is 0.571. The molecule has 1 heterocycles. The zero-order valence-electron chi connectivity index (χ0n) is 10.2. The summed E-state index contributed by atoms with van der Waals surface area (Å²) in [5.74, 6) is 0. The van der Waals surface area contributed by atoms with Crippen molar-refractivity contribution in [1.29, 1.82) is 0 Å². The monoisotopic (exact) mass is 235 g/mol. The molecule has 0 aromatic heterocycles. The molecule has 0 saturated carbocycles. The third-order valence-electron chi connectivity index (χ3n) is 3.21. The van der Waals surface area contributed by atoms with Gasteiger partial charge in [-0.1, -0.05) is 30.7 Å². The van der Waals surface area contributed by atoms with E-state index in [2.05, 4.69) is 5.32 Å². The average Bonchev–Trinajstić information content (AvgIpc) is 2.41. The van der Waals surface area contributed by atoms with Gasteiger partial charge in [-0.25, -0.2) is 0 Å². The van der Waals surface area contributed by atoms with Gasteiger partial charge in [-0.2, -0.15) is 0 Å². The van der Waals surface area contributed by atoms with Crippen LogP contribution in [-0.4, -0.2) is 24.3 Å². The smallest absolute Gasteiger partial charge is 0.0717 e. The molecule has 1 fully saturated rings. The summed E-state index contributed by atoms with van der Waals surface area (Å²) in [6.07, 6.45) is 3.83. The molecule has 1 aromatic carbocycles. The number of rotatable bonds is 5. The van der Waals surface area contributed by atoms with Crippen LogP contribution in [-0.2, 0) is 18.0 Å². The predicted molar refractivity (Wildman–Crippen MR) is 67.7 cm³/mol. The Morgan fingerprint density at radius 1 is 1.18 bits per heavy atom. The minimum absolute atomic E-state index is 0.104. The normalized spacial score (nSPS) is 20.4. The van der Waals surface area contributed by atoms with Crippen molar-refractivity contribution in [2.24, 2.45) is 0 Å². The summed E-state index contributed by atoms with van der Waals surface area (Å²) in [5.41, 5.74) is 2.11. The Morgan fingerprint density at radius 3 is 2.59 bits per heavy atom. The van der Waals surface area contributed by atoms with Crippen LogP contribution < -0.4 is 5.32 Å². The molecule has 3 nitrogen and oxygen atoms in total. The van der Waals surface area contributed by atoms with E-state index < -0.39 is 0 Å². The van der Waals surface area contributed by atoms with E-state index in [4.69, 9.17) is 9.84 Å². The van der Waals surface area contributed by atoms with Crippen molar-refractivity contribution in [2.75, 3.05) is 13.2 Å². The van der Waals surface area contributed by atoms with Crippen molar-refractivity contribution < 1.29 is 9.84 Å². The quantitative estimate of drug-likeness (QED) is 0.818. The van der Waals surface area contributed by atoms with Crippen molar-refractivity contribution in [3.05, 3.63) is 35.4 Å². The van der Waals surface area contributed by atoms with E-state index in [0.717, 1.165) is 24.3 Å². The van der Waals surface area contributed by atoms with Gasteiger partial charge in [0.25, 0.3) is 0 Å². The van der Waals surface area contributed by atoms with E-state index in [1.165, 1.54) is 19.3 Å². The molecule has 0 aliphatic carbocycles. The second-order valence-electron chi connectivity index (χ2n) is 4.64. The predicted octanol–water partition coefficient (Wildman–Crippen LogP) is 1.84. The molecule has 1 unspecified atom stereocenters. The van der Waals surface area contributed by atoms with Gasteiger partial charge in [0.1, 0.15) is 0 Å². The topological polar surface area (TPSA) is 41.5 Å². The standard InChI is InChI=1S/C14H21NO2/c16-9-12-4-6-13(7-5-12)10-17-11-14-3-1-2-8-15-14/h4-7,14-16H,1-3,8-11H2. The number of aliphatic hydroxyl groups is 1. The highest BCUT2D eigenvalue weighted by atomic mass is 16.5. The Labute approximate surface area is 103 Å². The summed E-state index contributed by atoms with van der Waals surface area (Å²) >= 11 is 0. The summed E-state index contributed by atoms with van der Waals surface area (Å²) in [6.45, 7) is 2.68. The van der Waals surface area contributed by atoms with Crippen LogP contribution in [0.5, 0.6) is 0 Å². The molecule has 2 rings (SSSR count). The molecule has 1 saturated heterocycles. The molecule has 3 heteroatoms. The second-order valence-corrected chi connectivity index (χ2v) is 4.64. The highest BCUT2D eigenvalue weighted by Gasteiger charge is 2.11. The van der Waals surface area contributed by atoms with Crippen molar-refractivity contribution in [3.63, 3.8) is 0 Å². The third-order valence-corrected chi connectivity index (χ3v) is 3.21. The van der Waals surface area contributed by atoms with Crippen LogP contribution in [0.4, 0.5) is 0 Å². The molecule has 0 radical (unpaired) electrons. The van der Waals surface area contributed by atoms with Crippen molar-refractivity contribution >= 4 is 0 Å². The summed E-state index contributed by atoms with van der Waals surface area (Å²) in [5, 5.41) is 12.4. The number of benzene rings is 1. The third kappa shape index (κ3) is 4.11. The van der Waals surface area contributed by atoms with Gasteiger partial charge in [0.05, 0.1) is 19.8 Å². The van der Waals surface area contributed by atoms with Crippen LogP contribution in [0.2, 0.25) is 0 Å². The average molecular weight is 235 g/mol. The maximum Gasteiger partial charge on any atom is 0.0717 e. The first kappa shape index (κ1) is 12.6. The van der Waals surface area contributed by atoms with Crippen LogP contribution in [0.25, 0.3) is 0 Å². The lowest BCUT2D eigenvalue weighted by Crippen LogP contribution is -2.37. The summed E-state index contributed by atoms with van der Waals surface area (Å²) in [7, 11) is 0. The van der Waals surface area contributed by atoms with Gasteiger partial charge >= 0.3 is 0 Å². The fourth-order valence-electron chi connectivity index (χ4n) is 2.13. The Bertz CT molecular complexity index is 317. The highest BCUT2D eigenvalue weighted by molar-refractivity contribution is 5.21. The van der Waals surface area contributed by atoms with E-state index in [-0.39, 0.29) is 6.61 Å². The highest BCUT2D eigenvalue weighted by Crippen LogP contribution is 2.09. The lowest BCUT2D eigenvalue weighted by Gasteiger charge is -2.23. The van der Waals surface area contributed by atoms with Gasteiger partial charge in [0.2, 0.25) is 0 Å². The van der Waals surface area contributed by atoms with Crippen LogP contribution in [0.3, 0.4) is 0 Å². The number of ether oxygens (including phenoxy) is 1. The number of piperidine rings is 1. The fourth-order valence-corrected chi connectivity index (χ4v) is 2.13. The number of aliphatic hydroxyl groups excluding tert-OH is 1. The summed E-state index contributed by atoms with van der Waals surface area (Å²) in [6, 6.07) is 8.44. The van der Waals surface area contributed by atoms with Gasteiger partial charge < -0.3 is 15.2 Å². The Balaban J connectivity index is 1.69. The molecule has 0 bridgehead atoms. The van der Waals surface area contributed by atoms with Gasteiger partial charge in [-0.3, -0.25) is 0 Å². The zero-order valence-corrected chi connectivity index (χ0v) is 10.2. The van der Waals surface area contributed by atoms with E-state index in [0.29, 0.717) is 12.6 Å². The number of hydrogen-bond donors (Lipinski definition) is 2. The molecule has 2 N–H and O–H groups in total. The minimum atomic E-state index is 0.104. The molecule has 1 atom stereocenters. The van der Waals surface area contributed by atoms with Crippen LogP contribution in [0, 0.1) is 0 Å². The van der Waals surface area contributed by atoms with Gasteiger partial charge in [-0.05, 0) is 30.5 Å². The maximum absolute atomic E-state index is 8.94. The Kier molecular flexibility index (Phi) is 4.98. The second kappa shape index (κ2) is 6.74. The molecule has 1 aliphatic heterocycles. The van der Waals surface area contributed by atoms with Gasteiger partial charge in [-0.15, -0.1) is 0 Å². The zero-order chi connectivity index (χ0) is 11.9. The van der Waals surface area contributed by atoms with E-state index >= 15 is 0 Å².